The fourth-order valence-corrected chi connectivity index (χ4v) is 5.07. The number of allylic oxidation sites excluding steroid dienone is 1. The van der Waals surface area contributed by atoms with Crippen LogP contribution >= 0.6 is 0 Å². The molecule has 0 saturated carbocycles. The van der Waals surface area contributed by atoms with Crippen molar-refractivity contribution in [2.24, 2.45) is 16.9 Å². The number of fused-ring (bicyclic) bond motifs is 3. The second-order valence-corrected chi connectivity index (χ2v) is 8.55. The molecule has 0 radical (unpaired) electrons. The van der Waals surface area contributed by atoms with Gasteiger partial charge in [0, 0.05) is 24.8 Å². The molecule has 2 amide bonds. The van der Waals surface area contributed by atoms with Gasteiger partial charge in [0.05, 0.1) is 37.8 Å². The number of amides is 2. The normalized spacial score (nSPS) is 24.0. The van der Waals surface area contributed by atoms with E-state index in [9.17, 15) is 19.2 Å². The summed E-state index contributed by atoms with van der Waals surface area (Å²) in [6.07, 6.45) is 5.00. The summed E-state index contributed by atoms with van der Waals surface area (Å²) in [5.41, 5.74) is 0.561. The minimum absolute atomic E-state index is 0.257. The number of hydrogen-bond donors (Lipinski definition) is 0. The third kappa shape index (κ3) is 3.62. The van der Waals surface area contributed by atoms with Crippen molar-refractivity contribution >= 4 is 35.5 Å². The van der Waals surface area contributed by atoms with Crippen molar-refractivity contribution in [1.82, 2.24) is 5.01 Å². The molecule has 36 heavy (non-hydrogen) atoms. The highest BCUT2D eigenvalue weighted by Gasteiger charge is 2.64. The maximum Gasteiger partial charge on any atom is 0.308 e. The van der Waals surface area contributed by atoms with Gasteiger partial charge in [-0.15, -0.1) is 0 Å². The van der Waals surface area contributed by atoms with Crippen LogP contribution in [-0.2, 0) is 14.4 Å². The van der Waals surface area contributed by atoms with E-state index in [4.69, 9.17) is 14.2 Å². The molecule has 0 aromatic heterocycles. The molecule has 2 aromatic carbocycles. The lowest BCUT2D eigenvalue weighted by Gasteiger charge is -2.30. The first-order valence-electron chi connectivity index (χ1n) is 11.3. The van der Waals surface area contributed by atoms with E-state index in [2.05, 4.69) is 5.10 Å². The van der Waals surface area contributed by atoms with E-state index in [1.165, 1.54) is 56.6 Å². The van der Waals surface area contributed by atoms with Gasteiger partial charge in [-0.05, 0) is 42.5 Å². The molecule has 4 unspecified atom stereocenters. The van der Waals surface area contributed by atoms with Crippen molar-refractivity contribution in [1.29, 1.82) is 0 Å². The molecule has 0 bridgehead atoms. The van der Waals surface area contributed by atoms with Gasteiger partial charge < -0.3 is 14.2 Å². The summed E-state index contributed by atoms with van der Waals surface area (Å²) < 4.78 is 15.7. The molecule has 0 N–H and O–H groups in total. The molecule has 4 atom stereocenters. The Hall–Kier alpha value is -4.47. The minimum atomic E-state index is -1.00. The van der Waals surface area contributed by atoms with E-state index in [1.54, 1.807) is 30.4 Å². The van der Waals surface area contributed by atoms with Crippen LogP contribution in [0.1, 0.15) is 17.3 Å². The lowest BCUT2D eigenvalue weighted by atomic mass is 9.86. The number of benzene rings is 2. The second-order valence-electron chi connectivity index (χ2n) is 8.55. The average Bonchev–Trinajstić information content (AvgIpc) is 3.35. The SMILES string of the molecule is COc1ccc(OC)c(N2C(=O)C3C(C2=O)C(C(=O)c2ccc(OC(C)=O)cc2)N2N=CC=CC32)c1. The number of nitrogens with zero attached hydrogens (tertiary/aromatic N) is 3. The number of Topliss-reactive ketones (excluding diaryl/α,β-unsaturated/α-hetero) is 1. The van der Waals surface area contributed by atoms with Gasteiger partial charge in [0.1, 0.15) is 23.3 Å². The Morgan fingerprint density at radius 1 is 0.917 bits per heavy atom. The van der Waals surface area contributed by atoms with Crippen LogP contribution in [0.3, 0.4) is 0 Å². The molecule has 3 heterocycles. The number of imide groups is 1. The monoisotopic (exact) mass is 489 g/mol. The van der Waals surface area contributed by atoms with Crippen LogP contribution in [0.4, 0.5) is 5.69 Å². The molecule has 10 nitrogen and oxygen atoms in total. The number of hydrazone groups is 1. The quantitative estimate of drug-likeness (QED) is 0.263. The summed E-state index contributed by atoms with van der Waals surface area (Å²) >= 11 is 0. The molecular formula is C26H23N3O7. The highest BCUT2D eigenvalue weighted by Crippen LogP contribution is 2.48. The molecule has 2 aromatic rings. The van der Waals surface area contributed by atoms with E-state index in [0.717, 1.165) is 4.90 Å². The van der Waals surface area contributed by atoms with Gasteiger partial charge in [-0.25, -0.2) is 4.90 Å². The van der Waals surface area contributed by atoms with Crippen LogP contribution in [0, 0.1) is 11.8 Å². The van der Waals surface area contributed by atoms with Crippen molar-refractivity contribution in [3.05, 3.63) is 60.2 Å². The zero-order valence-electron chi connectivity index (χ0n) is 19.8. The lowest BCUT2D eigenvalue weighted by Crippen LogP contribution is -2.46. The third-order valence-corrected chi connectivity index (χ3v) is 6.59. The van der Waals surface area contributed by atoms with Crippen LogP contribution in [0.2, 0.25) is 0 Å². The van der Waals surface area contributed by atoms with Crippen LogP contribution in [0.25, 0.3) is 0 Å². The third-order valence-electron chi connectivity index (χ3n) is 6.59. The van der Waals surface area contributed by atoms with Crippen molar-refractivity contribution in [2.75, 3.05) is 19.1 Å². The molecule has 184 valence electrons. The fraction of sp³-hybridized carbons (Fsp3) is 0.269. The standard InChI is InChI=1S/C26H23N3O7/c1-14(30)36-16-8-6-15(7-9-16)24(31)23-22-21(18-5-4-12-27-29(18)23)25(32)28(26(22)33)19-13-17(34-2)10-11-20(19)35-3/h4-13,18,21-23H,1-3H3. The van der Waals surface area contributed by atoms with Gasteiger partial charge in [0.25, 0.3) is 0 Å². The Balaban J connectivity index is 1.54. The lowest BCUT2D eigenvalue weighted by molar-refractivity contribution is -0.132. The van der Waals surface area contributed by atoms with E-state index in [1.807, 2.05) is 0 Å². The second kappa shape index (κ2) is 8.95. The highest BCUT2D eigenvalue weighted by atomic mass is 16.5. The maximum absolute atomic E-state index is 13.8. The zero-order chi connectivity index (χ0) is 25.6. The van der Waals surface area contributed by atoms with Crippen LogP contribution in [0.5, 0.6) is 17.2 Å². The van der Waals surface area contributed by atoms with E-state index in [-0.39, 0.29) is 11.5 Å². The number of esters is 1. The number of ether oxygens (including phenoxy) is 3. The van der Waals surface area contributed by atoms with Gasteiger partial charge in [0.15, 0.2) is 5.78 Å². The summed E-state index contributed by atoms with van der Waals surface area (Å²) in [4.78, 5) is 53.6. The Bertz CT molecular complexity index is 1320. The molecule has 2 saturated heterocycles. The molecule has 0 spiro atoms. The largest absolute Gasteiger partial charge is 0.497 e. The Labute approximate surface area is 206 Å². The molecule has 3 aliphatic rings. The number of carbonyl (C=O) groups is 4. The summed E-state index contributed by atoms with van der Waals surface area (Å²) in [7, 11) is 2.93. The first-order valence-corrected chi connectivity index (χ1v) is 11.3. The van der Waals surface area contributed by atoms with Gasteiger partial charge in [-0.2, -0.15) is 5.10 Å². The molecule has 3 aliphatic heterocycles. The van der Waals surface area contributed by atoms with Crippen molar-refractivity contribution in [2.45, 2.75) is 19.0 Å². The summed E-state index contributed by atoms with van der Waals surface area (Å²) in [5, 5.41) is 5.89. The molecule has 5 rings (SSSR count). The van der Waals surface area contributed by atoms with Crippen LogP contribution in [-0.4, -0.2) is 61.1 Å². The number of carbonyl (C=O) groups excluding carboxylic acids is 4. The van der Waals surface area contributed by atoms with Gasteiger partial charge >= 0.3 is 5.97 Å². The molecule has 2 fully saturated rings. The van der Waals surface area contributed by atoms with Crippen LogP contribution in [0.15, 0.2) is 59.7 Å². The average molecular weight is 489 g/mol. The summed E-state index contributed by atoms with van der Waals surface area (Å²) in [6, 6.07) is 9.35. The first kappa shape index (κ1) is 23.3. The number of hydrogen-bond acceptors (Lipinski definition) is 9. The number of ketones is 1. The number of rotatable bonds is 6. The van der Waals surface area contributed by atoms with Gasteiger partial charge in [0.2, 0.25) is 11.8 Å². The van der Waals surface area contributed by atoms with E-state index >= 15 is 0 Å². The number of methoxy groups -OCH3 is 2. The summed E-state index contributed by atoms with van der Waals surface area (Å²) in [6.45, 7) is 1.28. The van der Waals surface area contributed by atoms with E-state index < -0.39 is 41.7 Å². The number of anilines is 1. The zero-order valence-corrected chi connectivity index (χ0v) is 19.8. The van der Waals surface area contributed by atoms with Crippen molar-refractivity contribution in [3.63, 3.8) is 0 Å². The van der Waals surface area contributed by atoms with Crippen molar-refractivity contribution < 1.29 is 33.4 Å². The predicted molar refractivity (Wildman–Crippen MR) is 128 cm³/mol. The smallest absolute Gasteiger partial charge is 0.308 e. The van der Waals surface area contributed by atoms with Gasteiger partial charge in [-0.1, -0.05) is 6.08 Å². The van der Waals surface area contributed by atoms with Gasteiger partial charge in [-0.3, -0.25) is 24.2 Å². The topological polar surface area (TPSA) is 115 Å². The molecule has 10 heteroatoms. The highest BCUT2D eigenvalue weighted by molar-refractivity contribution is 6.25. The maximum atomic E-state index is 13.8. The van der Waals surface area contributed by atoms with Crippen LogP contribution < -0.4 is 19.1 Å². The van der Waals surface area contributed by atoms with E-state index in [0.29, 0.717) is 22.8 Å². The Morgan fingerprint density at radius 2 is 1.61 bits per heavy atom. The predicted octanol–water partition coefficient (Wildman–Crippen LogP) is 2.23. The fourth-order valence-electron chi connectivity index (χ4n) is 5.07. The minimum Gasteiger partial charge on any atom is -0.497 e. The van der Waals surface area contributed by atoms with Crippen molar-refractivity contribution in [3.8, 4) is 17.2 Å². The Morgan fingerprint density at radius 3 is 2.28 bits per heavy atom. The Kier molecular flexibility index (Phi) is 5.79. The first-order chi connectivity index (χ1) is 17.3. The molecular weight excluding hydrogens is 466 g/mol. The molecule has 0 aliphatic carbocycles. The summed E-state index contributed by atoms with van der Waals surface area (Å²) in [5.74, 6) is -2.48.